The molecule has 1 saturated heterocycles. The quantitative estimate of drug-likeness (QED) is 0.371. The molecule has 0 bridgehead atoms. The topological polar surface area (TPSA) is 23.6 Å². The van der Waals surface area contributed by atoms with Gasteiger partial charge in [0.25, 0.3) is 0 Å². The van der Waals surface area contributed by atoms with Crippen LogP contribution in [0.15, 0.2) is 78.9 Å². The average Bonchev–Trinajstić information content (AvgIpc) is 3.11. The minimum absolute atomic E-state index is 0.324. The summed E-state index contributed by atoms with van der Waals surface area (Å²) < 4.78 is 0. The van der Waals surface area contributed by atoms with E-state index < -0.39 is 0 Å². The van der Waals surface area contributed by atoms with Crippen molar-refractivity contribution in [2.75, 3.05) is 26.2 Å². The van der Waals surface area contributed by atoms with Crippen LogP contribution >= 0.6 is 0 Å². The average molecular weight is 467 g/mol. The van der Waals surface area contributed by atoms with Crippen molar-refractivity contribution in [2.45, 2.75) is 51.6 Å². The van der Waals surface area contributed by atoms with Gasteiger partial charge in [0.2, 0.25) is 0 Å². The van der Waals surface area contributed by atoms with Gasteiger partial charge >= 0.3 is 0 Å². The van der Waals surface area contributed by atoms with Crippen LogP contribution in [0.1, 0.15) is 58.3 Å². The highest BCUT2D eigenvalue weighted by Crippen LogP contribution is 2.25. The Morgan fingerprint density at radius 2 is 1.26 bits per heavy atom. The number of ketones is 1. The second-order valence-corrected chi connectivity index (χ2v) is 10.4. The highest BCUT2D eigenvalue weighted by molar-refractivity contribution is 5.96. The Bertz CT molecular complexity index is 1090. The summed E-state index contributed by atoms with van der Waals surface area (Å²) in [4.78, 5) is 18.1. The number of benzene rings is 3. The molecule has 3 nitrogen and oxygen atoms in total. The summed E-state index contributed by atoms with van der Waals surface area (Å²) in [7, 11) is 0. The van der Waals surface area contributed by atoms with Crippen LogP contribution in [-0.2, 0) is 25.9 Å². The molecule has 3 aromatic rings. The molecule has 0 unspecified atom stereocenters. The molecule has 2 aliphatic heterocycles. The minimum Gasteiger partial charge on any atom is -0.299 e. The molecule has 2 heterocycles. The summed E-state index contributed by atoms with van der Waals surface area (Å²) in [5.41, 5.74) is 6.48. The van der Waals surface area contributed by atoms with Gasteiger partial charge in [0, 0.05) is 38.2 Å². The molecule has 1 fully saturated rings. The Kier molecular flexibility index (Phi) is 8.07. The fourth-order valence-electron chi connectivity index (χ4n) is 5.70. The summed E-state index contributed by atoms with van der Waals surface area (Å²) >= 11 is 0. The van der Waals surface area contributed by atoms with Crippen molar-refractivity contribution < 1.29 is 4.79 Å². The van der Waals surface area contributed by atoms with Crippen molar-refractivity contribution in [3.05, 3.63) is 107 Å². The summed E-state index contributed by atoms with van der Waals surface area (Å²) in [5.74, 6) is 1.00. The fraction of sp³-hybridized carbons (Fsp3) is 0.406. The second kappa shape index (κ2) is 11.8. The van der Waals surface area contributed by atoms with E-state index in [-0.39, 0.29) is 0 Å². The van der Waals surface area contributed by atoms with Gasteiger partial charge in [0.15, 0.2) is 5.78 Å². The van der Waals surface area contributed by atoms with Crippen molar-refractivity contribution in [1.82, 2.24) is 9.80 Å². The third kappa shape index (κ3) is 6.68. The molecule has 3 aromatic carbocycles. The molecule has 0 atom stereocenters. The van der Waals surface area contributed by atoms with Gasteiger partial charge in [-0.15, -0.1) is 0 Å². The SMILES string of the molecule is O=C(CCC1CCN(Cc2ccccc2)CC1)c1ccc2c(c1)CCN(Cc1ccccc1)CC2. The van der Waals surface area contributed by atoms with Crippen molar-refractivity contribution in [2.24, 2.45) is 5.92 Å². The van der Waals surface area contributed by atoms with E-state index >= 15 is 0 Å². The molecule has 0 radical (unpaired) electrons. The van der Waals surface area contributed by atoms with Gasteiger partial charge in [-0.3, -0.25) is 14.6 Å². The molecular weight excluding hydrogens is 428 g/mol. The summed E-state index contributed by atoms with van der Waals surface area (Å²) in [6, 6.07) is 28.0. The molecule has 5 rings (SSSR count). The monoisotopic (exact) mass is 466 g/mol. The third-order valence-corrected chi connectivity index (χ3v) is 7.91. The largest absolute Gasteiger partial charge is 0.299 e. The van der Waals surface area contributed by atoms with Gasteiger partial charge in [-0.25, -0.2) is 0 Å². The molecule has 0 N–H and O–H groups in total. The van der Waals surface area contributed by atoms with E-state index in [0.29, 0.717) is 18.1 Å². The lowest BCUT2D eigenvalue weighted by Gasteiger charge is -2.32. The number of likely N-dealkylation sites (tertiary alicyclic amines) is 1. The van der Waals surface area contributed by atoms with Crippen molar-refractivity contribution in [3.8, 4) is 0 Å². The Hall–Kier alpha value is -2.75. The molecule has 0 aromatic heterocycles. The number of rotatable bonds is 8. The van der Waals surface area contributed by atoms with Crippen LogP contribution in [0.4, 0.5) is 0 Å². The van der Waals surface area contributed by atoms with E-state index in [2.05, 4.69) is 88.7 Å². The van der Waals surface area contributed by atoms with E-state index in [4.69, 9.17) is 0 Å². The maximum atomic E-state index is 13.0. The lowest BCUT2D eigenvalue weighted by Crippen LogP contribution is -2.33. The number of Topliss-reactive ketones (excluding diaryl/α,β-unsaturated/α-hetero) is 1. The summed E-state index contributed by atoms with van der Waals surface area (Å²) in [6.45, 7) is 6.48. The molecule has 0 spiro atoms. The maximum absolute atomic E-state index is 13.0. The zero-order chi connectivity index (χ0) is 23.9. The molecule has 35 heavy (non-hydrogen) atoms. The van der Waals surface area contributed by atoms with Crippen molar-refractivity contribution in [3.63, 3.8) is 0 Å². The molecule has 0 amide bonds. The Labute approximate surface area is 210 Å². The number of fused-ring (bicyclic) bond motifs is 1. The zero-order valence-corrected chi connectivity index (χ0v) is 20.9. The first-order valence-corrected chi connectivity index (χ1v) is 13.4. The maximum Gasteiger partial charge on any atom is 0.162 e. The second-order valence-electron chi connectivity index (χ2n) is 10.4. The fourth-order valence-corrected chi connectivity index (χ4v) is 5.70. The molecule has 0 saturated carbocycles. The van der Waals surface area contributed by atoms with Crippen LogP contribution in [0.5, 0.6) is 0 Å². The van der Waals surface area contributed by atoms with Crippen molar-refractivity contribution >= 4 is 5.78 Å². The molecule has 182 valence electrons. The highest BCUT2D eigenvalue weighted by Gasteiger charge is 2.21. The minimum atomic E-state index is 0.324. The predicted molar refractivity (Wildman–Crippen MR) is 144 cm³/mol. The first kappa shape index (κ1) is 24.0. The Balaban J connectivity index is 1.09. The van der Waals surface area contributed by atoms with Crippen LogP contribution in [0.3, 0.4) is 0 Å². The van der Waals surface area contributed by atoms with Gasteiger partial charge in [-0.05, 0) is 79.4 Å². The number of carbonyl (C=O) groups is 1. The Morgan fingerprint density at radius 3 is 1.89 bits per heavy atom. The zero-order valence-electron chi connectivity index (χ0n) is 20.9. The lowest BCUT2D eigenvalue weighted by molar-refractivity contribution is 0.0961. The van der Waals surface area contributed by atoms with Gasteiger partial charge in [-0.2, -0.15) is 0 Å². The highest BCUT2D eigenvalue weighted by atomic mass is 16.1. The van der Waals surface area contributed by atoms with Gasteiger partial charge in [-0.1, -0.05) is 72.8 Å². The van der Waals surface area contributed by atoms with Gasteiger partial charge < -0.3 is 0 Å². The third-order valence-electron chi connectivity index (χ3n) is 7.91. The predicted octanol–water partition coefficient (Wildman–Crippen LogP) is 6.16. The molecule has 0 aliphatic carbocycles. The molecule has 3 heteroatoms. The van der Waals surface area contributed by atoms with Crippen LogP contribution in [0.25, 0.3) is 0 Å². The number of hydrogen-bond acceptors (Lipinski definition) is 3. The van der Waals surface area contributed by atoms with E-state index in [1.165, 1.54) is 35.1 Å². The van der Waals surface area contributed by atoms with Gasteiger partial charge in [0.05, 0.1) is 0 Å². The summed E-state index contributed by atoms with van der Waals surface area (Å²) in [5, 5.41) is 0. The summed E-state index contributed by atoms with van der Waals surface area (Å²) in [6.07, 6.45) is 6.23. The Morgan fingerprint density at radius 1 is 0.686 bits per heavy atom. The van der Waals surface area contributed by atoms with Crippen LogP contribution < -0.4 is 0 Å². The number of carbonyl (C=O) groups excluding carboxylic acids is 1. The van der Waals surface area contributed by atoms with Crippen LogP contribution in [-0.4, -0.2) is 41.8 Å². The smallest absolute Gasteiger partial charge is 0.162 e. The number of hydrogen-bond donors (Lipinski definition) is 0. The first-order valence-electron chi connectivity index (χ1n) is 13.4. The molecular formula is C32H38N2O. The van der Waals surface area contributed by atoms with E-state index in [0.717, 1.165) is 64.1 Å². The van der Waals surface area contributed by atoms with E-state index in [9.17, 15) is 4.79 Å². The van der Waals surface area contributed by atoms with Crippen LogP contribution in [0, 0.1) is 5.92 Å². The standard InChI is InChI=1S/C32H38N2O/c35-32(14-11-26-15-19-33(20-16-26)24-27-7-3-1-4-8-27)31-13-12-29-17-21-34(22-18-30(29)23-31)25-28-9-5-2-6-10-28/h1-10,12-13,23,26H,11,14-22,24-25H2. The molecule has 2 aliphatic rings. The first-order chi connectivity index (χ1) is 17.2. The lowest BCUT2D eigenvalue weighted by atomic mass is 9.89. The number of piperidine rings is 1. The van der Waals surface area contributed by atoms with Crippen LogP contribution in [0.2, 0.25) is 0 Å². The van der Waals surface area contributed by atoms with E-state index in [1.807, 2.05) is 0 Å². The van der Waals surface area contributed by atoms with Gasteiger partial charge in [0.1, 0.15) is 0 Å². The van der Waals surface area contributed by atoms with Crippen molar-refractivity contribution in [1.29, 1.82) is 0 Å². The normalized spacial score (nSPS) is 17.6. The number of nitrogens with zero attached hydrogens (tertiary/aromatic N) is 2. The van der Waals surface area contributed by atoms with E-state index in [1.54, 1.807) is 0 Å².